The molecule has 2 nitrogen and oxygen atoms in total. The zero-order chi connectivity index (χ0) is 14.3. The summed E-state index contributed by atoms with van der Waals surface area (Å²) in [6.07, 6.45) is 4.74. The lowest BCUT2D eigenvalue weighted by molar-refractivity contribution is 0.399. The summed E-state index contributed by atoms with van der Waals surface area (Å²) in [5.41, 5.74) is 1.29. The minimum atomic E-state index is 0.345. The van der Waals surface area contributed by atoms with Crippen LogP contribution in [0.2, 0.25) is 0 Å². The maximum Gasteiger partial charge on any atom is 0.115 e. The molecule has 0 aromatic heterocycles. The molecule has 0 saturated carbocycles. The van der Waals surface area contributed by atoms with Crippen molar-refractivity contribution in [2.24, 2.45) is 5.92 Å². The van der Waals surface area contributed by atoms with Gasteiger partial charge in [-0.15, -0.1) is 0 Å². The first-order valence-corrected chi connectivity index (χ1v) is 7.51. The first kappa shape index (κ1) is 16.0. The van der Waals surface area contributed by atoms with Gasteiger partial charge in [0.1, 0.15) is 5.75 Å². The molecular weight excluding hydrogens is 234 g/mol. The number of hydrogen-bond acceptors (Lipinski definition) is 2. The summed E-state index contributed by atoms with van der Waals surface area (Å²) >= 11 is 0. The Labute approximate surface area is 118 Å². The van der Waals surface area contributed by atoms with E-state index in [1.165, 1.54) is 18.4 Å². The lowest BCUT2D eigenvalue weighted by atomic mass is 10.0. The van der Waals surface area contributed by atoms with Gasteiger partial charge in [-0.3, -0.25) is 0 Å². The second-order valence-corrected chi connectivity index (χ2v) is 6.15. The maximum absolute atomic E-state index is 9.24. The molecular formula is C17H29NO. The first-order chi connectivity index (χ1) is 8.97. The van der Waals surface area contributed by atoms with Crippen LogP contribution in [0.3, 0.4) is 0 Å². The fourth-order valence-electron chi connectivity index (χ4n) is 2.28. The molecule has 0 aliphatic heterocycles. The molecule has 19 heavy (non-hydrogen) atoms. The van der Waals surface area contributed by atoms with Gasteiger partial charge in [0.2, 0.25) is 0 Å². The molecule has 2 atom stereocenters. The molecule has 0 heterocycles. The molecule has 2 heteroatoms. The molecule has 2 N–H and O–H groups in total. The van der Waals surface area contributed by atoms with Crippen LogP contribution in [-0.4, -0.2) is 17.2 Å². The quantitative estimate of drug-likeness (QED) is 0.739. The van der Waals surface area contributed by atoms with E-state index < -0.39 is 0 Å². The summed E-state index contributed by atoms with van der Waals surface area (Å²) < 4.78 is 0. The summed E-state index contributed by atoms with van der Waals surface area (Å²) in [4.78, 5) is 0. The van der Waals surface area contributed by atoms with Crippen LogP contribution in [0.4, 0.5) is 0 Å². The predicted octanol–water partition coefficient (Wildman–Crippen LogP) is 4.13. The van der Waals surface area contributed by atoms with Gasteiger partial charge in [-0.05, 0) is 63.1 Å². The van der Waals surface area contributed by atoms with Crippen molar-refractivity contribution in [3.05, 3.63) is 29.8 Å². The highest BCUT2D eigenvalue weighted by Gasteiger charge is 2.08. The van der Waals surface area contributed by atoms with Gasteiger partial charge in [-0.25, -0.2) is 0 Å². The Morgan fingerprint density at radius 2 is 1.47 bits per heavy atom. The van der Waals surface area contributed by atoms with E-state index in [1.807, 2.05) is 12.1 Å². The van der Waals surface area contributed by atoms with Gasteiger partial charge in [-0.1, -0.05) is 26.0 Å². The van der Waals surface area contributed by atoms with Crippen LogP contribution in [0.15, 0.2) is 24.3 Å². The topological polar surface area (TPSA) is 32.3 Å². The molecule has 0 amide bonds. The van der Waals surface area contributed by atoms with Crippen LogP contribution in [0.5, 0.6) is 5.75 Å². The molecule has 0 radical (unpaired) electrons. The highest BCUT2D eigenvalue weighted by Crippen LogP contribution is 2.13. The van der Waals surface area contributed by atoms with Crippen molar-refractivity contribution >= 4 is 0 Å². The van der Waals surface area contributed by atoms with Gasteiger partial charge in [0.25, 0.3) is 0 Å². The summed E-state index contributed by atoms with van der Waals surface area (Å²) in [7, 11) is 0. The van der Waals surface area contributed by atoms with Gasteiger partial charge in [0.05, 0.1) is 0 Å². The van der Waals surface area contributed by atoms with E-state index >= 15 is 0 Å². The minimum absolute atomic E-state index is 0.345. The molecule has 0 bridgehead atoms. The largest absolute Gasteiger partial charge is 0.508 e. The third kappa shape index (κ3) is 7.22. The lowest BCUT2D eigenvalue weighted by Crippen LogP contribution is -2.34. The van der Waals surface area contributed by atoms with Crippen molar-refractivity contribution in [2.75, 3.05) is 0 Å². The van der Waals surface area contributed by atoms with Gasteiger partial charge in [0.15, 0.2) is 0 Å². The van der Waals surface area contributed by atoms with Crippen molar-refractivity contribution in [3.63, 3.8) is 0 Å². The second kappa shape index (κ2) is 8.21. The van der Waals surface area contributed by atoms with E-state index in [1.54, 1.807) is 12.1 Å². The van der Waals surface area contributed by atoms with E-state index in [4.69, 9.17) is 0 Å². The Balaban J connectivity index is 2.23. The molecule has 1 aromatic rings. The van der Waals surface area contributed by atoms with Gasteiger partial charge >= 0.3 is 0 Å². The Morgan fingerprint density at radius 1 is 0.895 bits per heavy atom. The van der Waals surface area contributed by atoms with Crippen LogP contribution in [-0.2, 0) is 6.42 Å². The van der Waals surface area contributed by atoms with E-state index in [0.717, 1.165) is 18.8 Å². The molecule has 0 saturated heterocycles. The Hall–Kier alpha value is -1.02. The molecule has 0 aliphatic rings. The average molecular weight is 263 g/mol. The number of benzene rings is 1. The highest BCUT2D eigenvalue weighted by molar-refractivity contribution is 5.25. The third-order valence-electron chi connectivity index (χ3n) is 3.55. The lowest BCUT2D eigenvalue weighted by Gasteiger charge is -2.20. The Bertz CT molecular complexity index is 345. The Morgan fingerprint density at radius 3 is 2.05 bits per heavy atom. The average Bonchev–Trinajstić information content (AvgIpc) is 2.36. The smallest absolute Gasteiger partial charge is 0.115 e. The summed E-state index contributed by atoms with van der Waals surface area (Å²) in [6, 6.07) is 8.67. The molecule has 1 rings (SSSR count). The molecule has 0 aliphatic carbocycles. The highest BCUT2D eigenvalue weighted by atomic mass is 16.3. The fourth-order valence-corrected chi connectivity index (χ4v) is 2.28. The van der Waals surface area contributed by atoms with Crippen molar-refractivity contribution in [3.8, 4) is 5.75 Å². The second-order valence-electron chi connectivity index (χ2n) is 6.15. The number of aromatic hydroxyl groups is 1. The summed E-state index contributed by atoms with van der Waals surface area (Å²) in [5.74, 6) is 1.13. The summed E-state index contributed by atoms with van der Waals surface area (Å²) in [6.45, 7) is 9.09. The van der Waals surface area contributed by atoms with Crippen LogP contribution in [0.25, 0.3) is 0 Å². The van der Waals surface area contributed by atoms with Crippen LogP contribution in [0.1, 0.15) is 52.5 Å². The number of nitrogens with one attached hydrogen (secondary N) is 1. The van der Waals surface area contributed by atoms with E-state index in [-0.39, 0.29) is 0 Å². The number of aryl methyl sites for hydroxylation is 1. The normalized spacial score (nSPS) is 14.6. The number of hydrogen-bond donors (Lipinski definition) is 2. The van der Waals surface area contributed by atoms with E-state index in [0.29, 0.717) is 17.8 Å². The van der Waals surface area contributed by atoms with Crippen molar-refractivity contribution in [1.29, 1.82) is 0 Å². The van der Waals surface area contributed by atoms with Crippen LogP contribution in [0, 0.1) is 5.92 Å². The maximum atomic E-state index is 9.24. The standard InChI is InChI=1S/C17H29NO/c1-13(2)5-6-14(3)18-15(4)7-8-16-9-11-17(19)12-10-16/h9-15,18-19H,5-8H2,1-4H3. The SMILES string of the molecule is CC(C)CCC(C)NC(C)CCc1ccc(O)cc1. The van der Waals surface area contributed by atoms with Crippen molar-refractivity contribution < 1.29 is 5.11 Å². The predicted molar refractivity (Wildman–Crippen MR) is 82.6 cm³/mol. The first-order valence-electron chi connectivity index (χ1n) is 7.51. The molecule has 108 valence electrons. The van der Waals surface area contributed by atoms with Gasteiger partial charge in [0, 0.05) is 12.1 Å². The van der Waals surface area contributed by atoms with Crippen molar-refractivity contribution in [2.45, 2.75) is 65.5 Å². The van der Waals surface area contributed by atoms with Crippen LogP contribution < -0.4 is 5.32 Å². The van der Waals surface area contributed by atoms with Crippen LogP contribution >= 0.6 is 0 Å². The number of rotatable bonds is 8. The summed E-state index contributed by atoms with van der Waals surface area (Å²) in [5, 5.41) is 12.9. The van der Waals surface area contributed by atoms with E-state index in [9.17, 15) is 5.11 Å². The van der Waals surface area contributed by atoms with Crippen molar-refractivity contribution in [1.82, 2.24) is 5.32 Å². The minimum Gasteiger partial charge on any atom is -0.508 e. The number of phenols is 1. The zero-order valence-corrected chi connectivity index (χ0v) is 12.8. The third-order valence-corrected chi connectivity index (χ3v) is 3.55. The Kier molecular flexibility index (Phi) is 6.93. The zero-order valence-electron chi connectivity index (χ0n) is 12.8. The molecule has 1 aromatic carbocycles. The van der Waals surface area contributed by atoms with E-state index in [2.05, 4.69) is 33.0 Å². The molecule has 2 unspecified atom stereocenters. The van der Waals surface area contributed by atoms with Gasteiger partial charge < -0.3 is 10.4 Å². The number of phenolic OH excluding ortho intramolecular Hbond substituents is 1. The van der Waals surface area contributed by atoms with Gasteiger partial charge in [-0.2, -0.15) is 0 Å². The molecule has 0 fully saturated rings. The fraction of sp³-hybridized carbons (Fsp3) is 0.647. The molecule has 0 spiro atoms. The monoisotopic (exact) mass is 263 g/mol.